The lowest BCUT2D eigenvalue weighted by molar-refractivity contribution is 0.1000. The first-order chi connectivity index (χ1) is 6.59. The van der Waals surface area contributed by atoms with Crippen LogP contribution in [0, 0.1) is 0 Å². The van der Waals surface area contributed by atoms with Crippen LogP contribution < -0.4 is 11.1 Å². The Hall–Kier alpha value is -2.04. The fourth-order valence-electron chi connectivity index (χ4n) is 1.01. The van der Waals surface area contributed by atoms with Crippen molar-refractivity contribution in [3.8, 4) is 0 Å². The van der Waals surface area contributed by atoms with Gasteiger partial charge in [0.1, 0.15) is 0 Å². The molecule has 5 heteroatoms. The van der Waals surface area contributed by atoms with E-state index in [2.05, 4.69) is 5.32 Å². The summed E-state index contributed by atoms with van der Waals surface area (Å²) in [6, 6.07) is 6.49. The summed E-state index contributed by atoms with van der Waals surface area (Å²) in [7, 11) is 0. The zero-order chi connectivity index (χ0) is 10.6. The van der Waals surface area contributed by atoms with Gasteiger partial charge in [-0.3, -0.25) is 4.79 Å². The van der Waals surface area contributed by atoms with E-state index in [-0.39, 0.29) is 6.54 Å². The van der Waals surface area contributed by atoms with Crippen LogP contribution in [-0.4, -0.2) is 17.1 Å². The lowest BCUT2D eigenvalue weighted by Gasteiger charge is -2.02. The molecule has 0 saturated carbocycles. The molecule has 1 aromatic rings. The Morgan fingerprint density at radius 3 is 2.71 bits per heavy atom. The fourth-order valence-corrected chi connectivity index (χ4v) is 1.01. The minimum Gasteiger partial charge on any atom is -0.465 e. The number of hydrogen-bond acceptors (Lipinski definition) is 2. The van der Waals surface area contributed by atoms with Crippen LogP contribution in [0.15, 0.2) is 24.3 Å². The Labute approximate surface area is 80.5 Å². The normalized spacial score (nSPS) is 9.43. The molecule has 0 saturated heterocycles. The average Bonchev–Trinajstić information content (AvgIpc) is 2.15. The van der Waals surface area contributed by atoms with Gasteiger partial charge in [-0.1, -0.05) is 12.1 Å². The van der Waals surface area contributed by atoms with Crippen molar-refractivity contribution >= 4 is 12.0 Å². The minimum atomic E-state index is -1.10. The predicted octanol–water partition coefficient (Wildman–Crippen LogP) is 0.553. The van der Waals surface area contributed by atoms with Crippen LogP contribution in [0.25, 0.3) is 0 Å². The Balaban J connectivity index is 2.73. The summed E-state index contributed by atoms with van der Waals surface area (Å²) in [4.78, 5) is 21.0. The highest BCUT2D eigenvalue weighted by molar-refractivity contribution is 5.92. The number of rotatable bonds is 3. The van der Waals surface area contributed by atoms with E-state index >= 15 is 0 Å². The second kappa shape index (κ2) is 4.27. The summed E-state index contributed by atoms with van der Waals surface area (Å²) in [5.41, 5.74) is 6.13. The Morgan fingerprint density at radius 2 is 2.14 bits per heavy atom. The number of primary amides is 1. The number of amides is 2. The standard InChI is InChI=1S/C9H10N2O3/c10-8(12)7-3-1-2-6(4-7)5-11-9(13)14/h1-4,11H,5H2,(H2,10,12)(H,13,14). The number of benzene rings is 1. The molecule has 0 atom stereocenters. The first-order valence-corrected chi connectivity index (χ1v) is 3.95. The van der Waals surface area contributed by atoms with E-state index < -0.39 is 12.0 Å². The van der Waals surface area contributed by atoms with Crippen LogP contribution in [0.2, 0.25) is 0 Å². The first kappa shape index (κ1) is 10.0. The molecule has 4 N–H and O–H groups in total. The summed E-state index contributed by atoms with van der Waals surface area (Å²) in [6.07, 6.45) is -1.10. The maximum absolute atomic E-state index is 10.8. The molecule has 0 radical (unpaired) electrons. The predicted molar refractivity (Wildman–Crippen MR) is 49.8 cm³/mol. The highest BCUT2D eigenvalue weighted by Crippen LogP contribution is 2.04. The topological polar surface area (TPSA) is 92.4 Å². The third-order valence-electron chi connectivity index (χ3n) is 1.66. The molecular formula is C9H10N2O3. The van der Waals surface area contributed by atoms with Gasteiger partial charge in [0.05, 0.1) is 0 Å². The van der Waals surface area contributed by atoms with Crippen LogP contribution in [0.4, 0.5) is 4.79 Å². The summed E-state index contributed by atoms with van der Waals surface area (Å²) in [6.45, 7) is 0.163. The van der Waals surface area contributed by atoms with Crippen molar-refractivity contribution in [1.29, 1.82) is 0 Å². The van der Waals surface area contributed by atoms with Gasteiger partial charge in [-0.25, -0.2) is 4.79 Å². The average molecular weight is 194 g/mol. The van der Waals surface area contributed by atoms with Crippen LogP contribution in [0.5, 0.6) is 0 Å². The Kier molecular flexibility index (Phi) is 3.06. The van der Waals surface area contributed by atoms with Gasteiger partial charge in [0.2, 0.25) is 5.91 Å². The van der Waals surface area contributed by atoms with Crippen molar-refractivity contribution in [2.24, 2.45) is 5.73 Å². The number of hydrogen-bond donors (Lipinski definition) is 3. The Bertz CT molecular complexity index is 363. The van der Waals surface area contributed by atoms with Crippen molar-refractivity contribution < 1.29 is 14.7 Å². The highest BCUT2D eigenvalue weighted by atomic mass is 16.4. The van der Waals surface area contributed by atoms with Crippen LogP contribution in [-0.2, 0) is 6.54 Å². The third-order valence-corrected chi connectivity index (χ3v) is 1.66. The van der Waals surface area contributed by atoms with E-state index in [0.29, 0.717) is 11.1 Å². The first-order valence-electron chi connectivity index (χ1n) is 3.95. The number of nitrogens with one attached hydrogen (secondary N) is 1. The Morgan fingerprint density at radius 1 is 1.43 bits per heavy atom. The zero-order valence-electron chi connectivity index (χ0n) is 7.36. The van der Waals surface area contributed by atoms with E-state index in [9.17, 15) is 9.59 Å². The van der Waals surface area contributed by atoms with Crippen molar-refractivity contribution in [3.63, 3.8) is 0 Å². The largest absolute Gasteiger partial charge is 0.465 e. The lowest BCUT2D eigenvalue weighted by atomic mass is 10.1. The molecule has 0 spiro atoms. The minimum absolute atomic E-state index is 0.163. The SMILES string of the molecule is NC(=O)c1cccc(CNC(=O)O)c1. The smallest absolute Gasteiger partial charge is 0.404 e. The van der Waals surface area contributed by atoms with Gasteiger partial charge in [-0.15, -0.1) is 0 Å². The molecular weight excluding hydrogens is 184 g/mol. The molecule has 1 aromatic carbocycles. The van der Waals surface area contributed by atoms with E-state index in [4.69, 9.17) is 10.8 Å². The van der Waals surface area contributed by atoms with Gasteiger partial charge < -0.3 is 16.2 Å². The second-order valence-corrected chi connectivity index (χ2v) is 2.72. The monoisotopic (exact) mass is 194 g/mol. The third kappa shape index (κ3) is 2.78. The highest BCUT2D eigenvalue weighted by Gasteiger charge is 2.01. The number of carbonyl (C=O) groups excluding carboxylic acids is 1. The van der Waals surface area contributed by atoms with Gasteiger partial charge in [-0.05, 0) is 17.7 Å². The van der Waals surface area contributed by atoms with E-state index in [0.717, 1.165) is 0 Å². The molecule has 0 aliphatic heterocycles. The summed E-state index contributed by atoms with van der Waals surface area (Å²) in [5, 5.41) is 10.5. The van der Waals surface area contributed by atoms with E-state index in [1.54, 1.807) is 24.3 Å². The summed E-state index contributed by atoms with van der Waals surface area (Å²) in [5.74, 6) is -0.526. The molecule has 0 aliphatic carbocycles. The lowest BCUT2D eigenvalue weighted by Crippen LogP contribution is -2.20. The van der Waals surface area contributed by atoms with Gasteiger partial charge in [0, 0.05) is 12.1 Å². The van der Waals surface area contributed by atoms with E-state index in [1.165, 1.54) is 0 Å². The zero-order valence-corrected chi connectivity index (χ0v) is 7.36. The molecule has 1 rings (SSSR count). The fraction of sp³-hybridized carbons (Fsp3) is 0.111. The molecule has 5 nitrogen and oxygen atoms in total. The molecule has 74 valence electrons. The van der Waals surface area contributed by atoms with Crippen LogP contribution in [0.1, 0.15) is 15.9 Å². The van der Waals surface area contributed by atoms with Gasteiger partial charge >= 0.3 is 6.09 Å². The van der Waals surface area contributed by atoms with Crippen molar-refractivity contribution in [1.82, 2.24) is 5.32 Å². The quantitative estimate of drug-likeness (QED) is 0.656. The molecule has 14 heavy (non-hydrogen) atoms. The molecule has 0 unspecified atom stereocenters. The molecule has 0 fully saturated rings. The van der Waals surface area contributed by atoms with Crippen LogP contribution >= 0.6 is 0 Å². The molecule has 0 heterocycles. The van der Waals surface area contributed by atoms with Gasteiger partial charge in [-0.2, -0.15) is 0 Å². The maximum atomic E-state index is 10.8. The number of carbonyl (C=O) groups is 2. The van der Waals surface area contributed by atoms with E-state index in [1.807, 2.05) is 0 Å². The summed E-state index contributed by atoms with van der Waals surface area (Å²) < 4.78 is 0. The van der Waals surface area contributed by atoms with Gasteiger partial charge in [0.25, 0.3) is 0 Å². The molecule has 0 aliphatic rings. The van der Waals surface area contributed by atoms with Crippen molar-refractivity contribution in [2.45, 2.75) is 6.54 Å². The van der Waals surface area contributed by atoms with Crippen molar-refractivity contribution in [2.75, 3.05) is 0 Å². The van der Waals surface area contributed by atoms with Crippen molar-refractivity contribution in [3.05, 3.63) is 35.4 Å². The molecule has 2 amide bonds. The van der Waals surface area contributed by atoms with Gasteiger partial charge in [0.15, 0.2) is 0 Å². The molecule has 0 bridgehead atoms. The number of nitrogens with two attached hydrogens (primary N) is 1. The summed E-state index contributed by atoms with van der Waals surface area (Å²) >= 11 is 0. The maximum Gasteiger partial charge on any atom is 0.404 e. The number of carboxylic acid groups (broad SMARTS) is 1. The second-order valence-electron chi connectivity index (χ2n) is 2.72. The van der Waals surface area contributed by atoms with Crippen LogP contribution in [0.3, 0.4) is 0 Å². The molecule has 0 aromatic heterocycles.